The number of carbonyl (C=O) groups is 1. The van der Waals surface area contributed by atoms with E-state index in [-0.39, 0.29) is 17.4 Å². The number of aliphatic hydroxyl groups excluding tert-OH is 2. The van der Waals surface area contributed by atoms with Gasteiger partial charge in [-0.15, -0.1) is 0 Å². The molecule has 0 aromatic heterocycles. The van der Waals surface area contributed by atoms with Crippen LogP contribution in [0.5, 0.6) is 11.5 Å². The van der Waals surface area contributed by atoms with Crippen molar-refractivity contribution >= 4 is 5.97 Å². The molecule has 0 radical (unpaired) electrons. The standard InChI is InChI=1S/C28H42O7/c1-14(2)9-8-10-15(3)20-12-11-16(4)22-21(20)13-17(5)26(23(22)30)35-28-25(32)24(31)27(18(6)33-28)34-19(7)29/h9,13,15-16,18,20,24-25,27-28,30-32H,8,10-12H2,1-7H3/t15-,16+,18?,20?,24?,25?,27?,28?/m1/s1. The molecule has 1 aliphatic carbocycles. The van der Waals surface area contributed by atoms with Crippen molar-refractivity contribution in [2.75, 3.05) is 0 Å². The number of phenols is 1. The van der Waals surface area contributed by atoms with E-state index < -0.39 is 36.7 Å². The summed E-state index contributed by atoms with van der Waals surface area (Å²) < 4.78 is 16.9. The van der Waals surface area contributed by atoms with E-state index in [0.29, 0.717) is 11.8 Å². The molecule has 3 N–H and O–H groups in total. The summed E-state index contributed by atoms with van der Waals surface area (Å²) in [5.41, 5.74) is 4.14. The number of hydrogen-bond acceptors (Lipinski definition) is 7. The number of phenolic OH excluding ortho intramolecular Hbond substituents is 1. The van der Waals surface area contributed by atoms with E-state index in [2.05, 4.69) is 39.8 Å². The van der Waals surface area contributed by atoms with Crippen LogP contribution < -0.4 is 4.74 Å². The van der Waals surface area contributed by atoms with Gasteiger partial charge in [-0.2, -0.15) is 0 Å². The zero-order chi connectivity index (χ0) is 26.0. The van der Waals surface area contributed by atoms with Gasteiger partial charge in [0.05, 0.1) is 6.10 Å². The van der Waals surface area contributed by atoms with E-state index in [1.807, 2.05) is 6.92 Å². The van der Waals surface area contributed by atoms with Gasteiger partial charge in [0, 0.05) is 12.5 Å². The molecule has 1 heterocycles. The topological polar surface area (TPSA) is 105 Å². The smallest absolute Gasteiger partial charge is 0.303 e. The van der Waals surface area contributed by atoms with Crippen LogP contribution in [-0.4, -0.2) is 52.0 Å². The summed E-state index contributed by atoms with van der Waals surface area (Å²) in [6, 6.07) is 2.10. The van der Waals surface area contributed by atoms with Crippen LogP contribution >= 0.6 is 0 Å². The molecule has 0 amide bonds. The molecule has 1 aliphatic heterocycles. The normalized spacial score (nSPS) is 31.3. The van der Waals surface area contributed by atoms with Crippen molar-refractivity contribution in [3.8, 4) is 11.5 Å². The summed E-state index contributed by atoms with van der Waals surface area (Å²) in [5, 5.41) is 32.5. The summed E-state index contributed by atoms with van der Waals surface area (Å²) in [4.78, 5) is 11.4. The molecular weight excluding hydrogens is 448 g/mol. The van der Waals surface area contributed by atoms with Crippen molar-refractivity contribution in [1.29, 1.82) is 0 Å². The Morgan fingerprint density at radius 3 is 2.51 bits per heavy atom. The zero-order valence-electron chi connectivity index (χ0n) is 22.1. The molecule has 35 heavy (non-hydrogen) atoms. The van der Waals surface area contributed by atoms with Gasteiger partial charge in [0.1, 0.15) is 12.2 Å². The Kier molecular flexibility index (Phi) is 8.89. The third kappa shape index (κ3) is 6.01. The Morgan fingerprint density at radius 2 is 1.89 bits per heavy atom. The van der Waals surface area contributed by atoms with Gasteiger partial charge in [0.15, 0.2) is 17.6 Å². The van der Waals surface area contributed by atoms with Gasteiger partial charge in [-0.1, -0.05) is 31.6 Å². The molecule has 196 valence electrons. The van der Waals surface area contributed by atoms with Crippen LogP contribution in [0.4, 0.5) is 0 Å². The number of aryl methyl sites for hydroxylation is 1. The molecule has 0 bridgehead atoms. The number of carbonyl (C=O) groups excluding carboxylic acids is 1. The Labute approximate surface area is 209 Å². The third-order valence-electron chi connectivity index (χ3n) is 7.49. The highest BCUT2D eigenvalue weighted by atomic mass is 16.7. The number of aromatic hydroxyl groups is 1. The van der Waals surface area contributed by atoms with Crippen LogP contribution in [0.1, 0.15) is 95.8 Å². The molecular formula is C28H42O7. The summed E-state index contributed by atoms with van der Waals surface area (Å²) in [7, 11) is 0. The number of aliphatic hydroxyl groups is 2. The summed E-state index contributed by atoms with van der Waals surface area (Å²) in [6.07, 6.45) is 0.709. The van der Waals surface area contributed by atoms with E-state index in [1.54, 1.807) is 6.92 Å². The van der Waals surface area contributed by atoms with Crippen LogP contribution in [0, 0.1) is 12.8 Å². The lowest BCUT2D eigenvalue weighted by molar-refractivity contribution is -0.272. The van der Waals surface area contributed by atoms with Crippen LogP contribution in [0.3, 0.4) is 0 Å². The first kappa shape index (κ1) is 27.5. The number of allylic oxidation sites excluding steroid dienone is 2. The van der Waals surface area contributed by atoms with Gasteiger partial charge < -0.3 is 29.5 Å². The second kappa shape index (κ2) is 11.3. The first-order valence-electron chi connectivity index (χ1n) is 12.8. The van der Waals surface area contributed by atoms with Gasteiger partial charge in [0.2, 0.25) is 6.29 Å². The van der Waals surface area contributed by atoms with Gasteiger partial charge in [0.25, 0.3) is 0 Å². The SMILES string of the molecule is CC(=O)OC1C(C)OC(Oc2c(C)cc3c(c2O)[C@@H](C)CCC3[C@H](C)CCC=C(C)C)C(O)C1O. The summed E-state index contributed by atoms with van der Waals surface area (Å²) in [5.74, 6) is 0.757. The molecule has 6 unspecified atom stereocenters. The fourth-order valence-electron chi connectivity index (χ4n) is 5.53. The van der Waals surface area contributed by atoms with Gasteiger partial charge in [-0.05, 0) is 82.3 Å². The maximum Gasteiger partial charge on any atom is 0.303 e. The third-order valence-corrected chi connectivity index (χ3v) is 7.49. The molecule has 7 heteroatoms. The average molecular weight is 491 g/mol. The predicted molar refractivity (Wildman–Crippen MR) is 134 cm³/mol. The first-order chi connectivity index (χ1) is 16.4. The van der Waals surface area contributed by atoms with Crippen molar-refractivity contribution < 1.29 is 34.3 Å². The van der Waals surface area contributed by atoms with Crippen LogP contribution in [-0.2, 0) is 14.3 Å². The van der Waals surface area contributed by atoms with Crippen LogP contribution in [0.2, 0.25) is 0 Å². The molecule has 0 saturated carbocycles. The largest absolute Gasteiger partial charge is 0.504 e. The highest BCUT2D eigenvalue weighted by Crippen LogP contribution is 2.51. The second-order valence-electron chi connectivity index (χ2n) is 10.7. The molecule has 1 aromatic rings. The van der Waals surface area contributed by atoms with E-state index in [9.17, 15) is 20.1 Å². The minimum absolute atomic E-state index is 0.0775. The number of hydrogen-bond donors (Lipinski definition) is 3. The maximum atomic E-state index is 11.4. The molecule has 3 rings (SSSR count). The van der Waals surface area contributed by atoms with Gasteiger partial charge in [-0.3, -0.25) is 4.79 Å². The molecule has 2 aliphatic rings. The quantitative estimate of drug-likeness (QED) is 0.371. The number of benzene rings is 1. The van der Waals surface area contributed by atoms with Crippen molar-refractivity contribution in [1.82, 2.24) is 0 Å². The Balaban J connectivity index is 1.86. The van der Waals surface area contributed by atoms with Crippen LogP contribution in [0.15, 0.2) is 17.7 Å². The Morgan fingerprint density at radius 1 is 1.20 bits per heavy atom. The summed E-state index contributed by atoms with van der Waals surface area (Å²) in [6.45, 7) is 13.4. The van der Waals surface area contributed by atoms with Crippen molar-refractivity contribution in [2.24, 2.45) is 5.92 Å². The van der Waals surface area contributed by atoms with Crippen molar-refractivity contribution in [3.63, 3.8) is 0 Å². The lowest BCUT2D eigenvalue weighted by Gasteiger charge is -2.41. The Bertz CT molecular complexity index is 936. The average Bonchev–Trinajstić information content (AvgIpc) is 2.76. The van der Waals surface area contributed by atoms with E-state index in [1.165, 1.54) is 18.1 Å². The fourth-order valence-corrected chi connectivity index (χ4v) is 5.53. The zero-order valence-corrected chi connectivity index (χ0v) is 22.1. The molecule has 1 saturated heterocycles. The van der Waals surface area contributed by atoms with E-state index >= 15 is 0 Å². The monoisotopic (exact) mass is 490 g/mol. The minimum atomic E-state index is -1.45. The lowest BCUT2D eigenvalue weighted by atomic mass is 9.70. The van der Waals surface area contributed by atoms with E-state index in [0.717, 1.165) is 36.8 Å². The molecule has 1 fully saturated rings. The Hall–Kier alpha value is -2.09. The molecule has 7 nitrogen and oxygen atoms in total. The lowest BCUT2D eigenvalue weighted by Crippen LogP contribution is -2.59. The highest BCUT2D eigenvalue weighted by molar-refractivity contribution is 5.66. The minimum Gasteiger partial charge on any atom is -0.504 e. The fraction of sp³-hybridized carbons (Fsp3) is 0.679. The number of rotatable bonds is 7. The molecule has 8 atom stereocenters. The number of fused-ring (bicyclic) bond motifs is 1. The molecule has 1 aromatic carbocycles. The number of esters is 1. The van der Waals surface area contributed by atoms with E-state index in [4.69, 9.17) is 14.2 Å². The summed E-state index contributed by atoms with van der Waals surface area (Å²) >= 11 is 0. The van der Waals surface area contributed by atoms with Gasteiger partial charge in [-0.25, -0.2) is 0 Å². The molecule has 0 spiro atoms. The van der Waals surface area contributed by atoms with Crippen molar-refractivity contribution in [3.05, 3.63) is 34.4 Å². The van der Waals surface area contributed by atoms with Crippen molar-refractivity contribution in [2.45, 2.75) is 117 Å². The predicted octanol–water partition coefficient (Wildman–Crippen LogP) is 4.84. The first-order valence-corrected chi connectivity index (χ1v) is 12.8. The highest BCUT2D eigenvalue weighted by Gasteiger charge is 2.46. The maximum absolute atomic E-state index is 11.4. The van der Waals surface area contributed by atoms with Gasteiger partial charge >= 0.3 is 5.97 Å². The second-order valence-corrected chi connectivity index (χ2v) is 10.7. The number of ether oxygens (including phenoxy) is 3. The van der Waals surface area contributed by atoms with Crippen LogP contribution in [0.25, 0.3) is 0 Å².